The molecule has 0 aromatic heterocycles. The van der Waals surface area contributed by atoms with Crippen molar-refractivity contribution in [3.05, 3.63) is 23.3 Å². The number of likely N-dealkylation sites (N-methyl/N-ethyl adjacent to an activating group) is 1. The summed E-state index contributed by atoms with van der Waals surface area (Å²) in [6, 6.07) is 4.23. The topological polar surface area (TPSA) is 43.7 Å². The third-order valence-corrected chi connectivity index (χ3v) is 4.21. The first-order valence-corrected chi connectivity index (χ1v) is 5.92. The molecule has 1 fully saturated rings. The van der Waals surface area contributed by atoms with Crippen molar-refractivity contribution in [3.63, 3.8) is 0 Å². The molecule has 1 aliphatic carbocycles. The molecule has 2 atom stereocenters. The van der Waals surface area contributed by atoms with Crippen LogP contribution in [-0.2, 0) is 6.42 Å². The molecule has 3 heteroatoms. The zero-order valence-electron chi connectivity index (χ0n) is 9.48. The Bertz CT molecular complexity index is 430. The second-order valence-corrected chi connectivity index (χ2v) is 4.98. The fourth-order valence-corrected chi connectivity index (χ4v) is 3.33. The van der Waals surface area contributed by atoms with E-state index in [2.05, 4.69) is 11.9 Å². The van der Waals surface area contributed by atoms with E-state index in [-0.39, 0.29) is 11.5 Å². The third-order valence-electron chi connectivity index (χ3n) is 4.21. The Hall–Kier alpha value is -1.22. The summed E-state index contributed by atoms with van der Waals surface area (Å²) in [6.45, 7) is 1.14. The summed E-state index contributed by atoms with van der Waals surface area (Å²) in [5.74, 6) is 0.661. The van der Waals surface area contributed by atoms with E-state index in [0.29, 0.717) is 12.0 Å². The molecule has 0 amide bonds. The molecule has 2 N–H and O–H groups in total. The quantitative estimate of drug-likeness (QED) is 0.654. The average Bonchev–Trinajstić information content (AvgIpc) is 2.66. The maximum atomic E-state index is 9.87. The van der Waals surface area contributed by atoms with Gasteiger partial charge >= 0.3 is 0 Å². The molecule has 0 saturated carbocycles. The van der Waals surface area contributed by atoms with Gasteiger partial charge < -0.3 is 15.1 Å². The zero-order chi connectivity index (χ0) is 11.3. The highest BCUT2D eigenvalue weighted by molar-refractivity contribution is 5.52. The minimum Gasteiger partial charge on any atom is -0.504 e. The maximum Gasteiger partial charge on any atom is 0.160 e. The minimum atomic E-state index is 0.0172. The van der Waals surface area contributed by atoms with Crippen LogP contribution in [0.4, 0.5) is 0 Å². The van der Waals surface area contributed by atoms with Crippen molar-refractivity contribution in [1.29, 1.82) is 0 Å². The van der Waals surface area contributed by atoms with Crippen molar-refractivity contribution in [1.82, 2.24) is 4.90 Å². The van der Waals surface area contributed by atoms with Crippen molar-refractivity contribution in [2.45, 2.75) is 31.2 Å². The van der Waals surface area contributed by atoms with Gasteiger partial charge in [-0.3, -0.25) is 0 Å². The number of benzene rings is 1. The molecule has 1 heterocycles. The summed E-state index contributed by atoms with van der Waals surface area (Å²) in [4.78, 5) is 2.41. The van der Waals surface area contributed by atoms with Gasteiger partial charge in [-0.1, -0.05) is 6.07 Å². The van der Waals surface area contributed by atoms with E-state index in [1.807, 2.05) is 6.07 Å². The van der Waals surface area contributed by atoms with Crippen LogP contribution < -0.4 is 0 Å². The SMILES string of the molecule is CN1CCC2c3ccc(O)c(O)c3CCC21. The highest BCUT2D eigenvalue weighted by Crippen LogP contribution is 2.45. The van der Waals surface area contributed by atoms with Crippen LogP contribution in [0.25, 0.3) is 0 Å². The second-order valence-electron chi connectivity index (χ2n) is 4.98. The number of rotatable bonds is 0. The Kier molecular flexibility index (Phi) is 2.11. The van der Waals surface area contributed by atoms with E-state index in [0.717, 1.165) is 24.9 Å². The fourth-order valence-electron chi connectivity index (χ4n) is 3.33. The van der Waals surface area contributed by atoms with E-state index in [4.69, 9.17) is 0 Å². The molecule has 3 rings (SSSR count). The normalized spacial score (nSPS) is 28.8. The lowest BCUT2D eigenvalue weighted by Gasteiger charge is -2.32. The van der Waals surface area contributed by atoms with Crippen molar-refractivity contribution < 1.29 is 10.2 Å². The molecule has 86 valence electrons. The molecule has 0 radical (unpaired) electrons. The summed E-state index contributed by atoms with van der Waals surface area (Å²) in [5.41, 5.74) is 2.22. The van der Waals surface area contributed by atoms with Gasteiger partial charge in [0.1, 0.15) is 0 Å². The summed E-state index contributed by atoms with van der Waals surface area (Å²) < 4.78 is 0. The lowest BCUT2D eigenvalue weighted by Crippen LogP contribution is -2.32. The molecule has 2 aliphatic rings. The highest BCUT2D eigenvalue weighted by Gasteiger charge is 2.37. The van der Waals surface area contributed by atoms with E-state index >= 15 is 0 Å². The lowest BCUT2D eigenvalue weighted by molar-refractivity contribution is 0.272. The third kappa shape index (κ3) is 1.24. The van der Waals surface area contributed by atoms with Crippen LogP contribution >= 0.6 is 0 Å². The standard InChI is InChI=1S/C13H17NO2/c1-14-7-6-9-8-3-5-12(15)13(16)10(8)2-4-11(9)14/h3,5,9,11,15-16H,2,4,6-7H2,1H3. The van der Waals surface area contributed by atoms with Crippen molar-refractivity contribution in [2.24, 2.45) is 0 Å². The Balaban J connectivity index is 2.08. The van der Waals surface area contributed by atoms with Crippen molar-refractivity contribution in [3.8, 4) is 11.5 Å². The summed E-state index contributed by atoms with van der Waals surface area (Å²) in [6.07, 6.45) is 3.13. The van der Waals surface area contributed by atoms with Gasteiger partial charge in [-0.05, 0) is 44.5 Å². The molecule has 0 spiro atoms. The largest absolute Gasteiger partial charge is 0.504 e. The van der Waals surface area contributed by atoms with E-state index < -0.39 is 0 Å². The number of fused-ring (bicyclic) bond motifs is 3. The first-order valence-electron chi connectivity index (χ1n) is 5.92. The van der Waals surface area contributed by atoms with Crippen molar-refractivity contribution >= 4 is 0 Å². The number of likely N-dealkylation sites (tertiary alicyclic amines) is 1. The molecule has 3 nitrogen and oxygen atoms in total. The molecule has 0 bridgehead atoms. The average molecular weight is 219 g/mol. The lowest BCUT2D eigenvalue weighted by atomic mass is 9.79. The molecule has 1 saturated heterocycles. The minimum absolute atomic E-state index is 0.0172. The monoisotopic (exact) mass is 219 g/mol. The number of hydrogen-bond donors (Lipinski definition) is 2. The van der Waals surface area contributed by atoms with Crippen LogP contribution in [0.15, 0.2) is 12.1 Å². The molecule has 1 aliphatic heterocycles. The van der Waals surface area contributed by atoms with Gasteiger partial charge in [0.2, 0.25) is 0 Å². The number of nitrogens with zero attached hydrogens (tertiary/aromatic N) is 1. The molecule has 16 heavy (non-hydrogen) atoms. The Morgan fingerprint density at radius 1 is 1.25 bits per heavy atom. The number of aromatic hydroxyl groups is 2. The van der Waals surface area contributed by atoms with Crippen LogP contribution in [0.1, 0.15) is 29.9 Å². The molecule has 1 aromatic carbocycles. The van der Waals surface area contributed by atoms with Gasteiger partial charge in [-0.25, -0.2) is 0 Å². The first-order chi connectivity index (χ1) is 7.68. The second kappa shape index (κ2) is 3.39. The van der Waals surface area contributed by atoms with Gasteiger partial charge in [0.15, 0.2) is 11.5 Å². The molecular formula is C13H17NO2. The van der Waals surface area contributed by atoms with Gasteiger partial charge in [0.05, 0.1) is 0 Å². The zero-order valence-corrected chi connectivity index (χ0v) is 9.48. The van der Waals surface area contributed by atoms with E-state index in [1.165, 1.54) is 12.0 Å². The van der Waals surface area contributed by atoms with Crippen molar-refractivity contribution in [2.75, 3.05) is 13.6 Å². The highest BCUT2D eigenvalue weighted by atomic mass is 16.3. The predicted molar refractivity (Wildman–Crippen MR) is 61.9 cm³/mol. The van der Waals surface area contributed by atoms with Gasteiger partial charge in [-0.15, -0.1) is 0 Å². The van der Waals surface area contributed by atoms with Gasteiger partial charge in [0, 0.05) is 17.5 Å². The Morgan fingerprint density at radius 3 is 2.88 bits per heavy atom. The molecule has 1 aromatic rings. The smallest absolute Gasteiger partial charge is 0.160 e. The van der Waals surface area contributed by atoms with Crippen LogP contribution in [0.5, 0.6) is 11.5 Å². The van der Waals surface area contributed by atoms with Crippen LogP contribution in [0.2, 0.25) is 0 Å². The fraction of sp³-hybridized carbons (Fsp3) is 0.538. The summed E-state index contributed by atoms with van der Waals surface area (Å²) in [7, 11) is 2.18. The first kappa shape index (κ1) is 9.97. The summed E-state index contributed by atoms with van der Waals surface area (Å²) in [5, 5.41) is 19.4. The Morgan fingerprint density at radius 2 is 2.06 bits per heavy atom. The predicted octanol–water partition coefficient (Wildman–Crippen LogP) is 1.83. The van der Waals surface area contributed by atoms with Gasteiger partial charge in [0.25, 0.3) is 0 Å². The number of hydrogen-bond acceptors (Lipinski definition) is 3. The molecular weight excluding hydrogens is 202 g/mol. The Labute approximate surface area is 95.3 Å². The van der Waals surface area contributed by atoms with Crippen LogP contribution in [0, 0.1) is 0 Å². The van der Waals surface area contributed by atoms with E-state index in [1.54, 1.807) is 6.07 Å². The maximum absolute atomic E-state index is 9.87. The van der Waals surface area contributed by atoms with Crippen LogP contribution in [0.3, 0.4) is 0 Å². The number of phenolic OH excluding ortho intramolecular Hbond substituents is 2. The van der Waals surface area contributed by atoms with Gasteiger partial charge in [-0.2, -0.15) is 0 Å². The molecule has 2 unspecified atom stereocenters. The summed E-state index contributed by atoms with van der Waals surface area (Å²) >= 11 is 0. The van der Waals surface area contributed by atoms with E-state index in [9.17, 15) is 10.2 Å². The number of phenols is 2. The van der Waals surface area contributed by atoms with Crippen LogP contribution in [-0.4, -0.2) is 34.7 Å².